The predicted octanol–water partition coefficient (Wildman–Crippen LogP) is 3.34. The highest BCUT2D eigenvalue weighted by Crippen LogP contribution is 2.38. The lowest BCUT2D eigenvalue weighted by Crippen LogP contribution is -2.49. The molecule has 0 aromatic heterocycles. The van der Waals surface area contributed by atoms with Crippen LogP contribution in [-0.2, 0) is 11.3 Å². The number of rotatable bonds is 6. The zero-order chi connectivity index (χ0) is 18.3. The Morgan fingerprint density at radius 2 is 1.81 bits per heavy atom. The first-order valence-electron chi connectivity index (χ1n) is 8.80. The van der Waals surface area contributed by atoms with Crippen LogP contribution in [0.5, 0.6) is 0 Å². The number of nitrogens with one attached hydrogen (secondary N) is 2. The van der Waals surface area contributed by atoms with Gasteiger partial charge < -0.3 is 15.5 Å². The fourth-order valence-corrected chi connectivity index (χ4v) is 3.80. The SMILES string of the molecule is CN=C(NCc1ccc(SC)cc1)NCC1(C(=O)N(C)C)CCCC1.I. The smallest absolute Gasteiger partial charge is 0.230 e. The molecule has 0 atom stereocenters. The Morgan fingerprint density at radius 1 is 1.19 bits per heavy atom. The fourth-order valence-electron chi connectivity index (χ4n) is 3.40. The van der Waals surface area contributed by atoms with Gasteiger partial charge in [-0.2, -0.15) is 0 Å². The monoisotopic (exact) mass is 490 g/mol. The van der Waals surface area contributed by atoms with Crippen molar-refractivity contribution < 1.29 is 4.79 Å². The summed E-state index contributed by atoms with van der Waals surface area (Å²) in [6.07, 6.45) is 6.21. The van der Waals surface area contributed by atoms with Gasteiger partial charge in [0.1, 0.15) is 0 Å². The van der Waals surface area contributed by atoms with E-state index in [2.05, 4.69) is 46.1 Å². The van der Waals surface area contributed by atoms with Gasteiger partial charge in [0.25, 0.3) is 0 Å². The molecule has 2 rings (SSSR count). The molecule has 7 heteroatoms. The number of hydrogen-bond donors (Lipinski definition) is 2. The highest BCUT2D eigenvalue weighted by molar-refractivity contribution is 14.0. The second kappa shape index (κ2) is 11.0. The van der Waals surface area contributed by atoms with E-state index in [4.69, 9.17) is 0 Å². The van der Waals surface area contributed by atoms with Crippen LogP contribution in [0.4, 0.5) is 0 Å². The Hall–Kier alpha value is -0.960. The summed E-state index contributed by atoms with van der Waals surface area (Å²) in [5.74, 6) is 0.965. The minimum absolute atomic E-state index is 0. The first-order chi connectivity index (χ1) is 12.0. The lowest BCUT2D eigenvalue weighted by Gasteiger charge is -2.31. The van der Waals surface area contributed by atoms with E-state index in [1.54, 1.807) is 23.7 Å². The van der Waals surface area contributed by atoms with Crippen molar-refractivity contribution in [1.82, 2.24) is 15.5 Å². The van der Waals surface area contributed by atoms with Gasteiger partial charge in [0.15, 0.2) is 5.96 Å². The van der Waals surface area contributed by atoms with E-state index in [1.807, 2.05) is 14.1 Å². The van der Waals surface area contributed by atoms with E-state index in [1.165, 1.54) is 10.5 Å². The molecule has 0 bridgehead atoms. The first-order valence-corrected chi connectivity index (χ1v) is 10.0. The van der Waals surface area contributed by atoms with Crippen molar-refractivity contribution in [2.45, 2.75) is 37.1 Å². The molecule has 146 valence electrons. The number of amides is 1. The highest BCUT2D eigenvalue weighted by atomic mass is 127. The van der Waals surface area contributed by atoms with E-state index in [0.717, 1.165) is 31.6 Å². The maximum Gasteiger partial charge on any atom is 0.230 e. The van der Waals surface area contributed by atoms with Gasteiger partial charge in [0.05, 0.1) is 5.41 Å². The molecule has 1 amide bonds. The molecule has 1 aromatic carbocycles. The summed E-state index contributed by atoms with van der Waals surface area (Å²) in [6, 6.07) is 8.50. The number of aliphatic imine (C=N–C) groups is 1. The molecule has 1 saturated carbocycles. The summed E-state index contributed by atoms with van der Waals surface area (Å²) in [6.45, 7) is 1.35. The van der Waals surface area contributed by atoms with Gasteiger partial charge in [-0.25, -0.2) is 0 Å². The van der Waals surface area contributed by atoms with Crippen LogP contribution in [0.25, 0.3) is 0 Å². The quantitative estimate of drug-likeness (QED) is 0.278. The Morgan fingerprint density at radius 3 is 2.31 bits per heavy atom. The van der Waals surface area contributed by atoms with Crippen molar-refractivity contribution in [3.63, 3.8) is 0 Å². The van der Waals surface area contributed by atoms with Crippen molar-refractivity contribution >= 4 is 47.6 Å². The van der Waals surface area contributed by atoms with Gasteiger partial charge in [-0.05, 0) is 36.8 Å². The minimum atomic E-state index is -0.291. The molecule has 0 heterocycles. The summed E-state index contributed by atoms with van der Waals surface area (Å²) in [7, 11) is 5.45. The molecule has 1 aliphatic carbocycles. The molecule has 0 radical (unpaired) electrons. The van der Waals surface area contributed by atoms with Crippen LogP contribution in [0, 0.1) is 5.41 Å². The van der Waals surface area contributed by atoms with E-state index in [-0.39, 0.29) is 35.3 Å². The van der Waals surface area contributed by atoms with Gasteiger partial charge >= 0.3 is 0 Å². The van der Waals surface area contributed by atoms with Crippen LogP contribution in [0.15, 0.2) is 34.2 Å². The van der Waals surface area contributed by atoms with Crippen LogP contribution < -0.4 is 10.6 Å². The Labute approximate surface area is 178 Å². The number of benzene rings is 1. The van der Waals surface area contributed by atoms with Crippen LogP contribution in [0.1, 0.15) is 31.2 Å². The second-order valence-electron chi connectivity index (χ2n) is 6.81. The molecular formula is C19H31IN4OS. The van der Waals surface area contributed by atoms with Gasteiger partial charge in [0, 0.05) is 39.1 Å². The number of nitrogens with zero attached hydrogens (tertiary/aromatic N) is 2. The summed E-state index contributed by atoms with van der Waals surface area (Å²) in [4.78, 5) is 19.9. The second-order valence-corrected chi connectivity index (χ2v) is 7.69. The van der Waals surface area contributed by atoms with E-state index < -0.39 is 0 Å². The third-order valence-electron chi connectivity index (χ3n) is 4.86. The first kappa shape index (κ1) is 23.1. The van der Waals surface area contributed by atoms with Crippen molar-refractivity contribution in [3.05, 3.63) is 29.8 Å². The molecule has 0 spiro atoms. The lowest BCUT2D eigenvalue weighted by molar-refractivity contribution is -0.138. The van der Waals surface area contributed by atoms with E-state index >= 15 is 0 Å². The summed E-state index contributed by atoms with van der Waals surface area (Å²) in [5, 5.41) is 6.71. The molecule has 1 fully saturated rings. The number of guanidine groups is 1. The van der Waals surface area contributed by atoms with Crippen molar-refractivity contribution in [2.24, 2.45) is 10.4 Å². The normalized spacial score (nSPS) is 15.9. The van der Waals surface area contributed by atoms with Crippen molar-refractivity contribution in [2.75, 3.05) is 33.9 Å². The summed E-state index contributed by atoms with van der Waals surface area (Å²) >= 11 is 1.74. The van der Waals surface area contributed by atoms with E-state index in [9.17, 15) is 4.79 Å². The molecule has 0 unspecified atom stereocenters. The lowest BCUT2D eigenvalue weighted by atomic mass is 9.84. The largest absolute Gasteiger partial charge is 0.355 e. The predicted molar refractivity (Wildman–Crippen MR) is 121 cm³/mol. The molecular weight excluding hydrogens is 459 g/mol. The third-order valence-corrected chi connectivity index (χ3v) is 5.60. The topological polar surface area (TPSA) is 56.7 Å². The standard InChI is InChI=1S/C19H30N4OS.HI/c1-20-18(21-13-15-7-9-16(25-4)10-8-15)22-14-19(11-5-6-12-19)17(24)23(2)3;/h7-10H,5-6,11-14H2,1-4H3,(H2,20,21,22);1H. The molecule has 1 aliphatic rings. The number of carbonyl (C=O) groups excluding carboxylic acids is 1. The molecule has 0 saturated heterocycles. The molecule has 0 aliphatic heterocycles. The molecule has 2 N–H and O–H groups in total. The Kier molecular flexibility index (Phi) is 9.78. The summed E-state index contributed by atoms with van der Waals surface area (Å²) < 4.78 is 0. The summed E-state index contributed by atoms with van der Waals surface area (Å²) in [5.41, 5.74) is 0.918. The Balaban J connectivity index is 0.00000338. The Bertz CT molecular complexity index is 598. The van der Waals surface area contributed by atoms with Crippen LogP contribution in [-0.4, -0.2) is 50.7 Å². The van der Waals surface area contributed by atoms with Crippen molar-refractivity contribution in [1.29, 1.82) is 0 Å². The maximum atomic E-state index is 12.6. The zero-order valence-corrected chi connectivity index (χ0v) is 19.3. The van der Waals surface area contributed by atoms with Crippen molar-refractivity contribution in [3.8, 4) is 0 Å². The van der Waals surface area contributed by atoms with E-state index in [0.29, 0.717) is 13.1 Å². The van der Waals surface area contributed by atoms with Crippen LogP contribution in [0.2, 0.25) is 0 Å². The fraction of sp³-hybridized carbons (Fsp3) is 0.579. The minimum Gasteiger partial charge on any atom is -0.355 e. The molecule has 26 heavy (non-hydrogen) atoms. The van der Waals surface area contributed by atoms with Crippen LogP contribution in [0.3, 0.4) is 0 Å². The van der Waals surface area contributed by atoms with Gasteiger partial charge in [0.2, 0.25) is 5.91 Å². The molecule has 5 nitrogen and oxygen atoms in total. The number of hydrogen-bond acceptors (Lipinski definition) is 3. The highest BCUT2D eigenvalue weighted by Gasteiger charge is 2.42. The third kappa shape index (κ3) is 6.04. The number of halogens is 1. The maximum absolute atomic E-state index is 12.6. The average molecular weight is 490 g/mol. The number of thioether (sulfide) groups is 1. The van der Waals surface area contributed by atoms with Gasteiger partial charge in [-0.15, -0.1) is 35.7 Å². The van der Waals surface area contributed by atoms with Gasteiger partial charge in [-0.3, -0.25) is 9.79 Å². The number of carbonyl (C=O) groups is 1. The zero-order valence-electron chi connectivity index (χ0n) is 16.2. The molecule has 1 aromatic rings. The van der Waals surface area contributed by atoms with Gasteiger partial charge in [-0.1, -0.05) is 25.0 Å². The van der Waals surface area contributed by atoms with Crippen LogP contribution >= 0.6 is 35.7 Å². The average Bonchev–Trinajstić information content (AvgIpc) is 3.11.